The third-order valence-electron chi connectivity index (χ3n) is 7.34. The summed E-state index contributed by atoms with van der Waals surface area (Å²) >= 11 is 3.52. The van der Waals surface area contributed by atoms with Crippen molar-refractivity contribution >= 4 is 50.5 Å². The zero-order chi connectivity index (χ0) is 22.1. The fourth-order valence-corrected chi connectivity index (χ4v) is 6.00. The standard InChI is InChI=1S/C31H22BrN/c1-18-16-24-7-6-22-11-15-27-31(30(22)24)29(18)26-14-10-23(17-28(26)33-27)21-4-2-19(3-5-21)20-8-12-25(32)13-9-20/h2-10,12-14,16-17,23H,11,15H2,1H3. The number of benzene rings is 3. The van der Waals surface area contributed by atoms with Crippen LogP contribution in [0, 0.1) is 6.92 Å². The number of aromatic nitrogens is 1. The van der Waals surface area contributed by atoms with Crippen LogP contribution in [-0.4, -0.2) is 4.98 Å². The van der Waals surface area contributed by atoms with E-state index in [2.05, 4.69) is 108 Å². The van der Waals surface area contributed by atoms with Gasteiger partial charge in [0.15, 0.2) is 0 Å². The second-order valence-corrected chi connectivity index (χ2v) is 10.2. The van der Waals surface area contributed by atoms with Gasteiger partial charge in [0.1, 0.15) is 0 Å². The molecule has 1 heterocycles. The van der Waals surface area contributed by atoms with E-state index < -0.39 is 0 Å². The van der Waals surface area contributed by atoms with E-state index in [-0.39, 0.29) is 5.92 Å². The highest BCUT2D eigenvalue weighted by atomic mass is 79.9. The molecule has 0 saturated carbocycles. The minimum atomic E-state index is 0.246. The normalized spacial score (nSPS) is 17.4. The maximum atomic E-state index is 5.21. The topological polar surface area (TPSA) is 12.9 Å². The minimum Gasteiger partial charge on any atom is -0.252 e. The van der Waals surface area contributed by atoms with E-state index in [1.54, 1.807) is 0 Å². The lowest BCUT2D eigenvalue weighted by Gasteiger charge is -2.23. The van der Waals surface area contributed by atoms with Gasteiger partial charge in [-0.25, -0.2) is 0 Å². The molecule has 0 aliphatic heterocycles. The summed E-state index contributed by atoms with van der Waals surface area (Å²) in [5.74, 6) is 0.246. The number of allylic oxidation sites excluding steroid dienone is 3. The minimum absolute atomic E-state index is 0.246. The third kappa shape index (κ3) is 2.94. The van der Waals surface area contributed by atoms with Gasteiger partial charge in [-0.1, -0.05) is 82.7 Å². The molecule has 0 amide bonds. The molecule has 0 bridgehead atoms. The van der Waals surface area contributed by atoms with Crippen LogP contribution in [0.25, 0.3) is 45.7 Å². The number of fused-ring (bicyclic) bond motifs is 2. The Morgan fingerprint density at radius 1 is 0.879 bits per heavy atom. The van der Waals surface area contributed by atoms with Crippen LogP contribution in [-0.2, 0) is 6.42 Å². The quantitative estimate of drug-likeness (QED) is 0.307. The van der Waals surface area contributed by atoms with Crippen molar-refractivity contribution in [2.75, 3.05) is 0 Å². The van der Waals surface area contributed by atoms with E-state index in [1.165, 1.54) is 60.6 Å². The van der Waals surface area contributed by atoms with Crippen molar-refractivity contribution in [3.8, 4) is 11.1 Å². The lowest BCUT2D eigenvalue weighted by atomic mass is 9.83. The molecule has 0 fully saturated rings. The Balaban J connectivity index is 1.34. The second kappa shape index (κ2) is 7.13. The molecule has 3 aromatic carbocycles. The first-order valence-corrected chi connectivity index (χ1v) is 12.4. The van der Waals surface area contributed by atoms with Crippen LogP contribution in [0.15, 0.2) is 71.2 Å². The van der Waals surface area contributed by atoms with Gasteiger partial charge in [-0.15, -0.1) is 0 Å². The number of hydrogen-bond donors (Lipinski definition) is 0. The van der Waals surface area contributed by atoms with E-state index in [1.807, 2.05) is 0 Å². The molecule has 0 radical (unpaired) electrons. The second-order valence-electron chi connectivity index (χ2n) is 9.30. The molecule has 158 valence electrons. The number of aryl methyl sites for hydroxylation is 2. The number of nitrogens with zero attached hydrogens (tertiary/aromatic N) is 1. The average molecular weight is 488 g/mol. The Bertz CT molecular complexity index is 1650. The predicted octanol–water partition coefficient (Wildman–Crippen LogP) is 6.69. The van der Waals surface area contributed by atoms with Crippen LogP contribution in [0.2, 0.25) is 0 Å². The van der Waals surface area contributed by atoms with Gasteiger partial charge in [-0.3, -0.25) is 4.98 Å². The third-order valence-corrected chi connectivity index (χ3v) is 7.87. The molecule has 4 aromatic rings. The van der Waals surface area contributed by atoms with Crippen LogP contribution >= 0.6 is 15.9 Å². The summed E-state index contributed by atoms with van der Waals surface area (Å²) in [5, 5.41) is 5.29. The highest BCUT2D eigenvalue weighted by Crippen LogP contribution is 2.38. The molecule has 1 aromatic heterocycles. The average Bonchev–Trinajstić information content (AvgIpc) is 3.26. The molecule has 1 atom stereocenters. The van der Waals surface area contributed by atoms with Crippen LogP contribution in [0.1, 0.15) is 40.3 Å². The van der Waals surface area contributed by atoms with E-state index >= 15 is 0 Å². The smallest absolute Gasteiger partial charge is 0.0681 e. The molecular formula is C31H22BrN. The van der Waals surface area contributed by atoms with Crippen molar-refractivity contribution < 1.29 is 0 Å². The summed E-state index contributed by atoms with van der Waals surface area (Å²) in [5.41, 5.74) is 10.6. The van der Waals surface area contributed by atoms with Crippen molar-refractivity contribution in [1.82, 2.24) is 4.98 Å². The van der Waals surface area contributed by atoms with Crippen molar-refractivity contribution in [2.45, 2.75) is 25.7 Å². The molecule has 0 saturated heterocycles. The van der Waals surface area contributed by atoms with Gasteiger partial charge in [-0.2, -0.15) is 0 Å². The Kier molecular flexibility index (Phi) is 4.16. The predicted molar refractivity (Wildman–Crippen MR) is 142 cm³/mol. The first-order valence-electron chi connectivity index (χ1n) is 11.6. The van der Waals surface area contributed by atoms with Gasteiger partial charge in [-0.05, 0) is 82.0 Å². The highest BCUT2D eigenvalue weighted by Gasteiger charge is 2.25. The molecule has 0 N–H and O–H groups in total. The van der Waals surface area contributed by atoms with Gasteiger partial charge in [0, 0.05) is 27.0 Å². The fourth-order valence-electron chi connectivity index (χ4n) is 5.73. The molecule has 3 aliphatic rings. The maximum absolute atomic E-state index is 5.21. The summed E-state index contributed by atoms with van der Waals surface area (Å²) in [6.45, 7) is 2.25. The first kappa shape index (κ1) is 19.3. The van der Waals surface area contributed by atoms with Gasteiger partial charge >= 0.3 is 0 Å². The number of rotatable bonds is 2. The van der Waals surface area contributed by atoms with E-state index in [4.69, 9.17) is 4.98 Å². The Labute approximate surface area is 201 Å². The number of hydrogen-bond acceptors (Lipinski definition) is 1. The molecule has 1 unspecified atom stereocenters. The zero-order valence-electron chi connectivity index (χ0n) is 18.4. The molecule has 2 heteroatoms. The van der Waals surface area contributed by atoms with Gasteiger partial charge in [0.2, 0.25) is 0 Å². The molecular weight excluding hydrogens is 466 g/mol. The van der Waals surface area contributed by atoms with E-state index in [9.17, 15) is 0 Å². The molecule has 7 rings (SSSR count). The summed E-state index contributed by atoms with van der Waals surface area (Å²) in [7, 11) is 0. The van der Waals surface area contributed by atoms with Crippen LogP contribution < -0.4 is 10.6 Å². The van der Waals surface area contributed by atoms with Gasteiger partial charge in [0.05, 0.1) is 5.35 Å². The summed E-state index contributed by atoms with van der Waals surface area (Å²) in [4.78, 5) is 5.21. The number of pyridine rings is 1. The van der Waals surface area contributed by atoms with Gasteiger partial charge < -0.3 is 0 Å². The zero-order valence-corrected chi connectivity index (χ0v) is 20.0. The van der Waals surface area contributed by atoms with Crippen LogP contribution in [0.3, 0.4) is 0 Å². The van der Waals surface area contributed by atoms with Crippen molar-refractivity contribution in [1.29, 1.82) is 0 Å². The van der Waals surface area contributed by atoms with E-state index in [0.29, 0.717) is 0 Å². The van der Waals surface area contributed by atoms with Crippen molar-refractivity contribution in [3.05, 3.63) is 110 Å². The molecule has 1 nitrogen and oxygen atoms in total. The Morgan fingerprint density at radius 3 is 2.42 bits per heavy atom. The van der Waals surface area contributed by atoms with Crippen molar-refractivity contribution in [2.24, 2.45) is 0 Å². The van der Waals surface area contributed by atoms with Crippen LogP contribution in [0.4, 0.5) is 0 Å². The fraction of sp³-hybridized carbons (Fsp3) is 0.129. The molecule has 3 aliphatic carbocycles. The Hall–Kier alpha value is -3.23. The van der Waals surface area contributed by atoms with Crippen molar-refractivity contribution in [3.63, 3.8) is 0 Å². The SMILES string of the molecule is Cc1cc2c3c4c(nc5c(c14)C=CC(c1ccc(-c4ccc(Br)cc4)cc1)C=5)CCC3=CC=2. The Morgan fingerprint density at radius 2 is 1.64 bits per heavy atom. The molecule has 33 heavy (non-hydrogen) atoms. The lowest BCUT2D eigenvalue weighted by Crippen LogP contribution is -2.23. The largest absolute Gasteiger partial charge is 0.252 e. The lowest BCUT2D eigenvalue weighted by molar-refractivity contribution is 0.938. The number of halogens is 1. The summed E-state index contributed by atoms with van der Waals surface area (Å²) in [6.07, 6.45) is 13.7. The summed E-state index contributed by atoms with van der Waals surface area (Å²) in [6, 6.07) is 19.8. The van der Waals surface area contributed by atoms with Gasteiger partial charge in [0.25, 0.3) is 0 Å². The molecule has 0 spiro atoms. The monoisotopic (exact) mass is 487 g/mol. The summed E-state index contributed by atoms with van der Waals surface area (Å²) < 4.78 is 1.10. The maximum Gasteiger partial charge on any atom is 0.0681 e. The first-order chi connectivity index (χ1) is 16.2. The highest BCUT2D eigenvalue weighted by molar-refractivity contribution is 9.10. The van der Waals surface area contributed by atoms with Crippen LogP contribution in [0.5, 0.6) is 0 Å². The van der Waals surface area contributed by atoms with E-state index in [0.717, 1.165) is 22.7 Å².